The predicted molar refractivity (Wildman–Crippen MR) is 47.3 cm³/mol. The van der Waals surface area contributed by atoms with Crippen molar-refractivity contribution in [2.45, 2.75) is 19.8 Å². The normalized spacial score (nSPS) is 17.2. The fraction of sp³-hybridized carbons (Fsp3) is 0.778. The first-order valence-electron chi connectivity index (χ1n) is 4.55. The number of rotatable bonds is 3. The SMILES string of the molecule is CC(=O)CCC(=O)N1CCOCC1. The van der Waals surface area contributed by atoms with Crippen molar-refractivity contribution in [1.82, 2.24) is 4.90 Å². The number of morpholine rings is 1. The average molecular weight is 185 g/mol. The monoisotopic (exact) mass is 185 g/mol. The van der Waals surface area contributed by atoms with Crippen molar-refractivity contribution in [2.75, 3.05) is 26.3 Å². The van der Waals surface area contributed by atoms with Crippen LogP contribution in [0, 0.1) is 0 Å². The Bertz CT molecular complexity index is 197. The summed E-state index contributed by atoms with van der Waals surface area (Å²) in [5, 5.41) is 0. The fourth-order valence-electron chi connectivity index (χ4n) is 1.25. The van der Waals surface area contributed by atoms with Crippen LogP contribution in [0.25, 0.3) is 0 Å². The zero-order valence-corrected chi connectivity index (χ0v) is 7.91. The van der Waals surface area contributed by atoms with Gasteiger partial charge in [-0.2, -0.15) is 0 Å². The average Bonchev–Trinajstić information content (AvgIpc) is 2.15. The Hall–Kier alpha value is -0.900. The maximum atomic E-state index is 11.4. The molecule has 1 aliphatic heterocycles. The molecule has 0 atom stereocenters. The van der Waals surface area contributed by atoms with Crippen LogP contribution in [0.15, 0.2) is 0 Å². The lowest BCUT2D eigenvalue weighted by molar-refractivity contribution is -0.136. The van der Waals surface area contributed by atoms with Crippen LogP contribution in [0.3, 0.4) is 0 Å². The summed E-state index contributed by atoms with van der Waals surface area (Å²) in [5.41, 5.74) is 0. The zero-order chi connectivity index (χ0) is 9.68. The van der Waals surface area contributed by atoms with Crippen LogP contribution in [0.5, 0.6) is 0 Å². The molecule has 0 aromatic heterocycles. The molecule has 0 aromatic carbocycles. The van der Waals surface area contributed by atoms with Crippen LogP contribution in [-0.4, -0.2) is 42.9 Å². The van der Waals surface area contributed by atoms with Gasteiger partial charge in [0.15, 0.2) is 0 Å². The van der Waals surface area contributed by atoms with E-state index >= 15 is 0 Å². The van der Waals surface area contributed by atoms with Gasteiger partial charge in [-0.25, -0.2) is 0 Å². The lowest BCUT2D eigenvalue weighted by Crippen LogP contribution is -2.40. The van der Waals surface area contributed by atoms with Crippen LogP contribution >= 0.6 is 0 Å². The minimum Gasteiger partial charge on any atom is -0.378 e. The Labute approximate surface area is 77.8 Å². The maximum absolute atomic E-state index is 11.4. The first-order valence-corrected chi connectivity index (χ1v) is 4.55. The summed E-state index contributed by atoms with van der Waals surface area (Å²) < 4.78 is 5.11. The van der Waals surface area contributed by atoms with Crippen LogP contribution in [-0.2, 0) is 14.3 Å². The topological polar surface area (TPSA) is 46.6 Å². The van der Waals surface area contributed by atoms with Gasteiger partial charge in [0.25, 0.3) is 0 Å². The number of nitrogens with zero attached hydrogens (tertiary/aromatic N) is 1. The van der Waals surface area contributed by atoms with Crippen molar-refractivity contribution < 1.29 is 14.3 Å². The summed E-state index contributed by atoms with van der Waals surface area (Å²) in [6, 6.07) is 0. The molecule has 74 valence electrons. The molecule has 4 nitrogen and oxygen atoms in total. The smallest absolute Gasteiger partial charge is 0.223 e. The number of carbonyl (C=O) groups excluding carboxylic acids is 2. The summed E-state index contributed by atoms with van der Waals surface area (Å²) in [5.74, 6) is 0.139. The molecule has 0 unspecified atom stereocenters. The van der Waals surface area contributed by atoms with E-state index in [1.54, 1.807) is 4.90 Å². The van der Waals surface area contributed by atoms with Crippen molar-refractivity contribution in [1.29, 1.82) is 0 Å². The summed E-state index contributed by atoms with van der Waals surface area (Å²) in [6.07, 6.45) is 0.700. The van der Waals surface area contributed by atoms with E-state index in [9.17, 15) is 9.59 Å². The van der Waals surface area contributed by atoms with E-state index in [0.717, 1.165) is 0 Å². The van der Waals surface area contributed by atoms with Crippen molar-refractivity contribution in [3.63, 3.8) is 0 Å². The third-order valence-corrected chi connectivity index (χ3v) is 2.05. The molecule has 4 heteroatoms. The van der Waals surface area contributed by atoms with E-state index in [2.05, 4.69) is 0 Å². The van der Waals surface area contributed by atoms with Crippen LogP contribution in [0.1, 0.15) is 19.8 Å². The fourth-order valence-corrected chi connectivity index (χ4v) is 1.25. The highest BCUT2D eigenvalue weighted by Gasteiger charge is 2.16. The molecule has 0 bridgehead atoms. The Kier molecular flexibility index (Phi) is 3.89. The molecule has 0 N–H and O–H groups in total. The Balaban J connectivity index is 2.25. The van der Waals surface area contributed by atoms with Gasteiger partial charge in [0, 0.05) is 25.9 Å². The molecule has 0 aromatic rings. The third kappa shape index (κ3) is 3.55. The third-order valence-electron chi connectivity index (χ3n) is 2.05. The molecule has 1 heterocycles. The standard InChI is InChI=1S/C9H15NO3/c1-8(11)2-3-9(12)10-4-6-13-7-5-10/h2-7H2,1H3. The number of ketones is 1. The lowest BCUT2D eigenvalue weighted by atomic mass is 10.2. The number of amides is 1. The van der Waals surface area contributed by atoms with E-state index in [4.69, 9.17) is 4.74 Å². The van der Waals surface area contributed by atoms with Gasteiger partial charge in [-0.3, -0.25) is 4.79 Å². The zero-order valence-electron chi connectivity index (χ0n) is 7.91. The van der Waals surface area contributed by atoms with Gasteiger partial charge in [0.2, 0.25) is 5.91 Å². The number of ether oxygens (including phenoxy) is 1. The second-order valence-electron chi connectivity index (χ2n) is 3.20. The molecular formula is C9H15NO3. The van der Waals surface area contributed by atoms with Gasteiger partial charge in [-0.15, -0.1) is 0 Å². The van der Waals surface area contributed by atoms with E-state index in [-0.39, 0.29) is 11.7 Å². The van der Waals surface area contributed by atoms with E-state index < -0.39 is 0 Å². The van der Waals surface area contributed by atoms with Crippen molar-refractivity contribution in [2.24, 2.45) is 0 Å². The highest BCUT2D eigenvalue weighted by Crippen LogP contribution is 2.02. The van der Waals surface area contributed by atoms with E-state index in [1.807, 2.05) is 0 Å². The van der Waals surface area contributed by atoms with Crippen LogP contribution in [0.4, 0.5) is 0 Å². The number of hydrogen-bond donors (Lipinski definition) is 0. The molecule has 1 amide bonds. The number of hydrogen-bond acceptors (Lipinski definition) is 3. The largest absolute Gasteiger partial charge is 0.378 e. The molecule has 1 aliphatic rings. The molecule has 0 spiro atoms. The van der Waals surface area contributed by atoms with Crippen molar-refractivity contribution >= 4 is 11.7 Å². The molecule has 0 saturated carbocycles. The summed E-state index contributed by atoms with van der Waals surface area (Å²) in [6.45, 7) is 4.07. The second-order valence-corrected chi connectivity index (χ2v) is 3.20. The van der Waals surface area contributed by atoms with Gasteiger partial charge in [0.05, 0.1) is 13.2 Å². The highest BCUT2D eigenvalue weighted by molar-refractivity contribution is 5.83. The lowest BCUT2D eigenvalue weighted by Gasteiger charge is -2.26. The second kappa shape index (κ2) is 4.97. The highest BCUT2D eigenvalue weighted by atomic mass is 16.5. The van der Waals surface area contributed by atoms with Crippen LogP contribution in [0.2, 0.25) is 0 Å². The van der Waals surface area contributed by atoms with Gasteiger partial charge >= 0.3 is 0 Å². The predicted octanol–water partition coefficient (Wildman–Crippen LogP) is 0.214. The van der Waals surface area contributed by atoms with Crippen molar-refractivity contribution in [3.05, 3.63) is 0 Å². The maximum Gasteiger partial charge on any atom is 0.223 e. The summed E-state index contributed by atoms with van der Waals surface area (Å²) in [4.78, 5) is 23.8. The minimum absolute atomic E-state index is 0.0681. The molecule has 0 radical (unpaired) electrons. The van der Waals surface area contributed by atoms with E-state index in [0.29, 0.717) is 39.1 Å². The van der Waals surface area contributed by atoms with E-state index in [1.165, 1.54) is 6.92 Å². The molecule has 1 fully saturated rings. The van der Waals surface area contributed by atoms with Gasteiger partial charge in [0.1, 0.15) is 5.78 Å². The molecule has 1 saturated heterocycles. The Morgan fingerprint density at radius 3 is 2.38 bits per heavy atom. The molecule has 0 aliphatic carbocycles. The summed E-state index contributed by atoms with van der Waals surface area (Å²) >= 11 is 0. The Morgan fingerprint density at radius 1 is 1.23 bits per heavy atom. The van der Waals surface area contributed by atoms with Gasteiger partial charge in [-0.1, -0.05) is 0 Å². The molecular weight excluding hydrogens is 170 g/mol. The number of Topliss-reactive ketones (excluding diaryl/α,β-unsaturated/α-hetero) is 1. The number of carbonyl (C=O) groups is 2. The first-order chi connectivity index (χ1) is 6.20. The van der Waals surface area contributed by atoms with Gasteiger partial charge < -0.3 is 14.4 Å². The Morgan fingerprint density at radius 2 is 1.85 bits per heavy atom. The minimum atomic E-state index is 0.0681. The molecule has 1 rings (SSSR count). The first kappa shape index (κ1) is 10.2. The van der Waals surface area contributed by atoms with Crippen LogP contribution < -0.4 is 0 Å². The van der Waals surface area contributed by atoms with Crippen molar-refractivity contribution in [3.8, 4) is 0 Å². The summed E-state index contributed by atoms with van der Waals surface area (Å²) in [7, 11) is 0. The molecule has 13 heavy (non-hydrogen) atoms. The van der Waals surface area contributed by atoms with Gasteiger partial charge in [-0.05, 0) is 6.92 Å². The quantitative estimate of drug-likeness (QED) is 0.631.